The Balaban J connectivity index is 3.13. The first-order chi connectivity index (χ1) is 8.81. The molecule has 0 amide bonds. The van der Waals surface area contributed by atoms with E-state index in [1.54, 1.807) is 0 Å². The molecule has 19 heavy (non-hydrogen) atoms. The maximum Gasteiger partial charge on any atom is 0.330 e. The average molecular weight is 266 g/mol. The zero-order valence-corrected chi connectivity index (χ0v) is 9.90. The molecule has 0 aliphatic rings. The molecule has 1 aromatic rings. The molecule has 0 unspecified atom stereocenters. The third-order valence-corrected chi connectivity index (χ3v) is 2.37. The summed E-state index contributed by atoms with van der Waals surface area (Å²) in [5.74, 6) is -1.11. The first kappa shape index (κ1) is 14.3. The van der Waals surface area contributed by atoms with E-state index in [2.05, 4.69) is 0 Å². The highest BCUT2D eigenvalue weighted by molar-refractivity contribution is 5.85. The van der Waals surface area contributed by atoms with E-state index in [-0.39, 0.29) is 12.0 Å². The second-order valence-corrected chi connectivity index (χ2v) is 3.77. The Labute approximate surface area is 107 Å². The molecule has 0 bridgehead atoms. The molecule has 0 fully saturated rings. The van der Waals surface area contributed by atoms with Crippen LogP contribution in [-0.2, 0) is 11.2 Å². The molecule has 1 rings (SSSR count). The van der Waals surface area contributed by atoms with Crippen molar-refractivity contribution < 1.29 is 19.7 Å². The molecule has 0 radical (unpaired) electrons. The van der Waals surface area contributed by atoms with Crippen molar-refractivity contribution in [2.45, 2.75) is 13.3 Å². The van der Waals surface area contributed by atoms with Gasteiger partial charge in [-0.2, -0.15) is 0 Å². The number of carboxylic acid groups (broad SMARTS) is 1. The van der Waals surface area contributed by atoms with Crippen LogP contribution in [0.1, 0.15) is 12.5 Å². The van der Waals surface area contributed by atoms with Gasteiger partial charge >= 0.3 is 5.97 Å². The van der Waals surface area contributed by atoms with Crippen LogP contribution in [0.25, 0.3) is 0 Å². The summed E-state index contributed by atoms with van der Waals surface area (Å²) in [6, 6.07) is 3.22. The fraction of sp³-hybridized carbons (Fsp3) is 0.182. The van der Waals surface area contributed by atoms with Gasteiger partial charge in [0.05, 0.1) is 15.9 Å². The van der Waals surface area contributed by atoms with Gasteiger partial charge in [0.25, 0.3) is 11.4 Å². The van der Waals surface area contributed by atoms with Crippen LogP contribution in [0, 0.1) is 20.2 Å². The molecular formula is C11H10N2O6. The van der Waals surface area contributed by atoms with E-state index in [9.17, 15) is 25.0 Å². The monoisotopic (exact) mass is 266 g/mol. The smallest absolute Gasteiger partial charge is 0.330 e. The Bertz CT molecular complexity index is 546. The summed E-state index contributed by atoms with van der Waals surface area (Å²) in [4.78, 5) is 30.4. The number of nitrogens with zero attached hydrogens (tertiary/aromatic N) is 2. The van der Waals surface area contributed by atoms with Crippen LogP contribution < -0.4 is 0 Å². The largest absolute Gasteiger partial charge is 0.478 e. The number of carboxylic acids is 1. The zero-order valence-electron chi connectivity index (χ0n) is 9.90. The summed E-state index contributed by atoms with van der Waals surface area (Å²) in [7, 11) is 0. The van der Waals surface area contributed by atoms with Crippen LogP contribution in [-0.4, -0.2) is 20.9 Å². The van der Waals surface area contributed by atoms with Crippen LogP contribution in [0.3, 0.4) is 0 Å². The summed E-state index contributed by atoms with van der Waals surface area (Å²) in [6.07, 6.45) is 1.41. The van der Waals surface area contributed by atoms with Crippen LogP contribution in [0.15, 0.2) is 29.8 Å². The molecule has 0 aromatic heterocycles. The Morgan fingerprint density at radius 3 is 2.05 bits per heavy atom. The average Bonchev–Trinajstić information content (AvgIpc) is 2.35. The summed E-state index contributed by atoms with van der Waals surface area (Å²) >= 11 is 0. The maximum atomic E-state index is 10.6. The second kappa shape index (κ2) is 5.71. The molecule has 1 N–H and O–H groups in total. The molecule has 0 heterocycles. The Morgan fingerprint density at radius 1 is 1.21 bits per heavy atom. The standard InChI is InChI=1S/C11H10N2O6/c1-7(11(14)15)2-3-8-4-9(12(16)17)6-10(5-8)13(18)19/h2,4-6H,3H2,1H3,(H,14,15)/b7-2+. The van der Waals surface area contributed by atoms with E-state index in [4.69, 9.17) is 5.11 Å². The predicted octanol–water partition coefficient (Wildman–Crippen LogP) is 2.08. The summed E-state index contributed by atoms with van der Waals surface area (Å²) in [5.41, 5.74) is -0.424. The van der Waals surface area contributed by atoms with Gasteiger partial charge in [0.2, 0.25) is 0 Å². The summed E-state index contributed by atoms with van der Waals surface area (Å²) in [5, 5.41) is 30.0. The summed E-state index contributed by atoms with van der Waals surface area (Å²) < 4.78 is 0. The van der Waals surface area contributed by atoms with Gasteiger partial charge in [0, 0.05) is 17.7 Å². The zero-order chi connectivity index (χ0) is 14.6. The highest BCUT2D eigenvalue weighted by atomic mass is 16.6. The highest BCUT2D eigenvalue weighted by Gasteiger charge is 2.15. The lowest BCUT2D eigenvalue weighted by Gasteiger charge is -1.99. The van der Waals surface area contributed by atoms with Gasteiger partial charge in [0.15, 0.2) is 0 Å². The van der Waals surface area contributed by atoms with Gasteiger partial charge < -0.3 is 5.11 Å². The number of hydrogen-bond donors (Lipinski definition) is 1. The van der Waals surface area contributed by atoms with Gasteiger partial charge in [-0.05, 0) is 18.9 Å². The number of non-ortho nitro benzene ring substituents is 2. The number of aliphatic carboxylic acids is 1. The molecule has 100 valence electrons. The molecule has 1 aromatic carbocycles. The Kier molecular flexibility index (Phi) is 4.30. The predicted molar refractivity (Wildman–Crippen MR) is 64.8 cm³/mol. The van der Waals surface area contributed by atoms with Crippen LogP contribution >= 0.6 is 0 Å². The number of rotatable bonds is 5. The van der Waals surface area contributed by atoms with Gasteiger partial charge in [-0.25, -0.2) is 4.79 Å². The lowest BCUT2D eigenvalue weighted by molar-refractivity contribution is -0.394. The van der Waals surface area contributed by atoms with Crippen molar-refractivity contribution in [2.75, 3.05) is 0 Å². The normalized spacial score (nSPS) is 11.1. The van der Waals surface area contributed by atoms with Crippen molar-refractivity contribution in [3.05, 3.63) is 55.6 Å². The van der Waals surface area contributed by atoms with Crippen molar-refractivity contribution in [1.29, 1.82) is 0 Å². The number of allylic oxidation sites excluding steroid dienone is 1. The van der Waals surface area contributed by atoms with Crippen molar-refractivity contribution in [3.8, 4) is 0 Å². The van der Waals surface area contributed by atoms with E-state index in [0.717, 1.165) is 6.07 Å². The molecule has 0 atom stereocenters. The number of carbonyl (C=O) groups is 1. The number of benzene rings is 1. The number of nitro groups is 2. The quantitative estimate of drug-likeness (QED) is 0.494. The number of nitro benzene ring substituents is 2. The lowest BCUT2D eigenvalue weighted by Crippen LogP contribution is -1.98. The molecule has 0 spiro atoms. The topological polar surface area (TPSA) is 124 Å². The van der Waals surface area contributed by atoms with Crippen molar-refractivity contribution >= 4 is 17.3 Å². The first-order valence-electron chi connectivity index (χ1n) is 5.14. The molecular weight excluding hydrogens is 256 g/mol. The molecule has 0 aliphatic carbocycles. The molecule has 8 nitrogen and oxygen atoms in total. The van der Waals surface area contributed by atoms with E-state index >= 15 is 0 Å². The fourth-order valence-corrected chi connectivity index (χ4v) is 1.34. The minimum atomic E-state index is -1.11. The van der Waals surface area contributed by atoms with Crippen LogP contribution in [0.2, 0.25) is 0 Å². The molecule has 8 heteroatoms. The maximum absolute atomic E-state index is 10.6. The van der Waals surface area contributed by atoms with Gasteiger partial charge in [0.1, 0.15) is 0 Å². The minimum Gasteiger partial charge on any atom is -0.478 e. The molecule has 0 saturated heterocycles. The third kappa shape index (κ3) is 3.87. The molecule has 0 aliphatic heterocycles. The van der Waals surface area contributed by atoms with Crippen molar-refractivity contribution in [1.82, 2.24) is 0 Å². The van der Waals surface area contributed by atoms with Gasteiger partial charge in [-0.1, -0.05) is 6.08 Å². The summed E-state index contributed by atoms with van der Waals surface area (Å²) in [6.45, 7) is 1.37. The highest BCUT2D eigenvalue weighted by Crippen LogP contribution is 2.23. The first-order valence-corrected chi connectivity index (χ1v) is 5.14. The number of hydrogen-bond acceptors (Lipinski definition) is 5. The Hall–Kier alpha value is -2.77. The van der Waals surface area contributed by atoms with E-state index in [1.165, 1.54) is 25.1 Å². The van der Waals surface area contributed by atoms with E-state index < -0.39 is 27.2 Å². The fourth-order valence-electron chi connectivity index (χ4n) is 1.34. The van der Waals surface area contributed by atoms with E-state index in [1.807, 2.05) is 0 Å². The minimum absolute atomic E-state index is 0.0640. The van der Waals surface area contributed by atoms with Gasteiger partial charge in [-0.15, -0.1) is 0 Å². The second-order valence-electron chi connectivity index (χ2n) is 3.77. The van der Waals surface area contributed by atoms with E-state index in [0.29, 0.717) is 5.56 Å². The van der Waals surface area contributed by atoms with Crippen LogP contribution in [0.4, 0.5) is 11.4 Å². The van der Waals surface area contributed by atoms with Crippen molar-refractivity contribution in [3.63, 3.8) is 0 Å². The van der Waals surface area contributed by atoms with Crippen LogP contribution in [0.5, 0.6) is 0 Å². The Morgan fingerprint density at radius 2 is 1.68 bits per heavy atom. The molecule has 0 saturated carbocycles. The third-order valence-electron chi connectivity index (χ3n) is 2.37. The van der Waals surface area contributed by atoms with Crippen molar-refractivity contribution in [2.24, 2.45) is 0 Å². The lowest BCUT2D eigenvalue weighted by atomic mass is 10.1. The SMILES string of the molecule is C/C(=C\Cc1cc([N+](=O)[O-])cc([N+](=O)[O-])c1)C(=O)O. The van der Waals surface area contributed by atoms with Gasteiger partial charge in [-0.3, -0.25) is 20.2 Å².